The normalized spacial score (nSPS) is 12.9. The lowest BCUT2D eigenvalue weighted by Gasteiger charge is -2.27. The van der Waals surface area contributed by atoms with Crippen LogP contribution in [0.2, 0.25) is 0 Å². The minimum atomic E-state index is 0.316. The lowest BCUT2D eigenvalue weighted by molar-refractivity contribution is 0.0698. The van der Waals surface area contributed by atoms with Crippen molar-refractivity contribution in [1.29, 1.82) is 0 Å². The second-order valence-electron chi connectivity index (χ2n) is 4.35. The molecule has 1 N–H and O–H groups in total. The molecule has 19 heavy (non-hydrogen) atoms. The van der Waals surface area contributed by atoms with Crippen LogP contribution >= 0.6 is 11.5 Å². The largest absolute Gasteiger partial charge is 0.383 e. The van der Waals surface area contributed by atoms with Crippen LogP contribution in [0.4, 0.5) is 5.00 Å². The Morgan fingerprint density at radius 3 is 2.79 bits per heavy atom. The van der Waals surface area contributed by atoms with Gasteiger partial charge in [0.1, 0.15) is 10.7 Å². The van der Waals surface area contributed by atoms with Gasteiger partial charge in [-0.3, -0.25) is 4.90 Å². The Bertz CT molecular complexity index is 348. The lowest BCUT2D eigenvalue weighted by atomic mass is 10.2. The van der Waals surface area contributed by atoms with E-state index in [2.05, 4.69) is 33.7 Å². The zero-order chi connectivity index (χ0) is 14.1. The van der Waals surface area contributed by atoms with Crippen molar-refractivity contribution in [3.05, 3.63) is 5.69 Å². The van der Waals surface area contributed by atoms with E-state index in [-0.39, 0.29) is 0 Å². The monoisotopic (exact) mass is 288 g/mol. The minimum absolute atomic E-state index is 0.316. The summed E-state index contributed by atoms with van der Waals surface area (Å²) in [5, 5.41) is 8.55. The van der Waals surface area contributed by atoms with E-state index in [0.717, 1.165) is 30.3 Å². The predicted octanol–water partition coefficient (Wildman–Crippen LogP) is 1.45. The number of nitrogens with zero attached hydrogens (tertiary/aromatic N) is 3. The molecule has 0 aliphatic heterocycles. The maximum absolute atomic E-state index is 5.23. The molecule has 1 aromatic rings. The summed E-state index contributed by atoms with van der Waals surface area (Å²) in [6, 6.07) is 0.316. The second-order valence-corrected chi connectivity index (χ2v) is 5.10. The number of hydrogen-bond donors (Lipinski definition) is 1. The van der Waals surface area contributed by atoms with Gasteiger partial charge in [-0.2, -0.15) is 0 Å². The second kappa shape index (κ2) is 9.19. The van der Waals surface area contributed by atoms with Crippen LogP contribution in [0.3, 0.4) is 0 Å². The summed E-state index contributed by atoms with van der Waals surface area (Å²) in [5.41, 5.74) is 0.992. The molecule has 0 aliphatic carbocycles. The summed E-state index contributed by atoms with van der Waals surface area (Å²) in [5.74, 6) is 0. The van der Waals surface area contributed by atoms with E-state index in [9.17, 15) is 0 Å². The van der Waals surface area contributed by atoms with E-state index in [1.165, 1.54) is 11.5 Å². The van der Waals surface area contributed by atoms with Gasteiger partial charge in [-0.25, -0.2) is 0 Å². The highest BCUT2D eigenvalue weighted by Crippen LogP contribution is 2.20. The molecule has 0 radical (unpaired) electrons. The van der Waals surface area contributed by atoms with Crippen LogP contribution in [-0.2, 0) is 16.0 Å². The highest BCUT2D eigenvalue weighted by atomic mass is 32.1. The summed E-state index contributed by atoms with van der Waals surface area (Å²) in [7, 11) is 3.44. The Morgan fingerprint density at radius 2 is 2.16 bits per heavy atom. The van der Waals surface area contributed by atoms with Crippen molar-refractivity contribution in [2.75, 3.05) is 45.8 Å². The number of hydrogen-bond acceptors (Lipinski definition) is 7. The van der Waals surface area contributed by atoms with Crippen LogP contribution in [0.15, 0.2) is 0 Å². The first kappa shape index (κ1) is 16.3. The molecule has 1 rings (SSSR count). The van der Waals surface area contributed by atoms with Crippen LogP contribution in [0, 0.1) is 0 Å². The van der Waals surface area contributed by atoms with Crippen molar-refractivity contribution >= 4 is 16.5 Å². The molecule has 6 nitrogen and oxygen atoms in total. The van der Waals surface area contributed by atoms with Crippen LogP contribution < -0.4 is 5.32 Å². The van der Waals surface area contributed by atoms with Crippen molar-refractivity contribution in [1.82, 2.24) is 14.5 Å². The molecule has 7 heteroatoms. The van der Waals surface area contributed by atoms with Gasteiger partial charge in [0.05, 0.1) is 13.2 Å². The number of ether oxygens (including phenoxy) is 2. The van der Waals surface area contributed by atoms with Crippen LogP contribution in [0.25, 0.3) is 0 Å². The van der Waals surface area contributed by atoms with Crippen molar-refractivity contribution in [3.63, 3.8) is 0 Å². The fourth-order valence-corrected chi connectivity index (χ4v) is 2.45. The Labute approximate surface area is 119 Å². The molecule has 0 bridgehead atoms. The van der Waals surface area contributed by atoms with E-state index in [1.807, 2.05) is 0 Å². The third-order valence-electron chi connectivity index (χ3n) is 2.86. The average Bonchev–Trinajstić information content (AvgIpc) is 2.82. The first-order chi connectivity index (χ1) is 9.22. The molecular formula is C12H24N4O2S. The van der Waals surface area contributed by atoms with Gasteiger partial charge in [-0.05, 0) is 13.8 Å². The Hall–Kier alpha value is -0.760. The zero-order valence-corrected chi connectivity index (χ0v) is 13.0. The van der Waals surface area contributed by atoms with Gasteiger partial charge in [0.25, 0.3) is 0 Å². The molecule has 1 unspecified atom stereocenters. The van der Waals surface area contributed by atoms with E-state index in [0.29, 0.717) is 19.3 Å². The van der Waals surface area contributed by atoms with E-state index in [1.54, 1.807) is 14.2 Å². The molecule has 1 atom stereocenters. The van der Waals surface area contributed by atoms with Crippen LogP contribution in [0.5, 0.6) is 0 Å². The lowest BCUT2D eigenvalue weighted by Crippen LogP contribution is -2.38. The molecular weight excluding hydrogens is 264 g/mol. The van der Waals surface area contributed by atoms with E-state index < -0.39 is 0 Å². The van der Waals surface area contributed by atoms with Crippen LogP contribution in [-0.4, -0.2) is 61.1 Å². The fourth-order valence-electron chi connectivity index (χ4n) is 1.81. The predicted molar refractivity (Wildman–Crippen MR) is 77.7 cm³/mol. The Morgan fingerprint density at radius 1 is 1.37 bits per heavy atom. The van der Waals surface area contributed by atoms with Gasteiger partial charge in [0.2, 0.25) is 0 Å². The number of nitrogens with one attached hydrogen (secondary N) is 1. The first-order valence-electron chi connectivity index (χ1n) is 6.49. The highest BCUT2D eigenvalue weighted by Gasteiger charge is 2.17. The number of rotatable bonds is 10. The molecule has 0 aliphatic rings. The first-order valence-corrected chi connectivity index (χ1v) is 7.27. The zero-order valence-electron chi connectivity index (χ0n) is 12.2. The molecule has 1 aromatic heterocycles. The Balaban J connectivity index is 2.66. The van der Waals surface area contributed by atoms with Gasteiger partial charge in [-0.1, -0.05) is 4.49 Å². The van der Waals surface area contributed by atoms with Gasteiger partial charge in [0.15, 0.2) is 0 Å². The molecule has 0 spiro atoms. The summed E-state index contributed by atoms with van der Waals surface area (Å²) in [6.07, 6.45) is 0. The number of methoxy groups -OCH3 is 2. The summed E-state index contributed by atoms with van der Waals surface area (Å²) in [4.78, 5) is 2.30. The Kier molecular flexibility index (Phi) is 7.88. The van der Waals surface area contributed by atoms with Crippen molar-refractivity contribution < 1.29 is 9.47 Å². The topological polar surface area (TPSA) is 59.5 Å². The van der Waals surface area contributed by atoms with E-state index >= 15 is 0 Å². The standard InChI is InChI=1S/C12H24N4O2S/c1-5-13-12-11(14-15-19-12)8-16(6-7-17-3)10(2)9-18-4/h10,13H,5-9H2,1-4H3. The SMILES string of the molecule is CCNc1snnc1CN(CCOC)C(C)COC. The smallest absolute Gasteiger partial charge is 0.134 e. The van der Waals surface area contributed by atoms with E-state index in [4.69, 9.17) is 9.47 Å². The molecule has 0 saturated carbocycles. The third kappa shape index (κ3) is 5.40. The molecule has 0 fully saturated rings. The number of anilines is 1. The molecule has 0 saturated heterocycles. The summed E-state index contributed by atoms with van der Waals surface area (Å²) >= 11 is 1.40. The maximum atomic E-state index is 5.23. The minimum Gasteiger partial charge on any atom is -0.383 e. The van der Waals surface area contributed by atoms with Gasteiger partial charge >= 0.3 is 0 Å². The quantitative estimate of drug-likeness (QED) is 0.703. The van der Waals surface area contributed by atoms with Gasteiger partial charge in [-0.15, -0.1) is 5.10 Å². The summed E-state index contributed by atoms with van der Waals surface area (Å²) in [6.45, 7) is 8.09. The third-order valence-corrected chi connectivity index (χ3v) is 3.59. The maximum Gasteiger partial charge on any atom is 0.134 e. The molecule has 0 aromatic carbocycles. The molecule has 110 valence electrons. The van der Waals surface area contributed by atoms with Gasteiger partial charge in [0, 0.05) is 51.4 Å². The summed E-state index contributed by atoms with van der Waals surface area (Å²) < 4.78 is 14.4. The average molecular weight is 288 g/mol. The van der Waals surface area contributed by atoms with Crippen molar-refractivity contribution in [2.24, 2.45) is 0 Å². The molecule has 1 heterocycles. The van der Waals surface area contributed by atoms with Crippen molar-refractivity contribution in [2.45, 2.75) is 26.4 Å². The highest BCUT2D eigenvalue weighted by molar-refractivity contribution is 7.10. The van der Waals surface area contributed by atoms with Crippen molar-refractivity contribution in [3.8, 4) is 0 Å². The molecule has 0 amide bonds. The fraction of sp³-hybridized carbons (Fsp3) is 0.833. The number of aromatic nitrogens is 2. The van der Waals surface area contributed by atoms with Gasteiger partial charge < -0.3 is 14.8 Å². The van der Waals surface area contributed by atoms with Crippen LogP contribution in [0.1, 0.15) is 19.5 Å².